The van der Waals surface area contributed by atoms with Gasteiger partial charge in [0, 0.05) is 16.0 Å². The topological polar surface area (TPSA) is 48.4 Å². The molecule has 0 fully saturated rings. The van der Waals surface area contributed by atoms with Gasteiger partial charge in [-0.25, -0.2) is 0 Å². The summed E-state index contributed by atoms with van der Waals surface area (Å²) in [5.74, 6) is 0.538. The molecule has 2 rings (SSSR count). The van der Waals surface area contributed by atoms with Crippen molar-refractivity contribution in [2.45, 2.75) is 24.0 Å². The number of methoxy groups -OCH3 is 2. The predicted octanol–water partition coefficient (Wildman–Crippen LogP) is 3.21. The van der Waals surface area contributed by atoms with Gasteiger partial charge >= 0.3 is 5.97 Å². The smallest absolute Gasteiger partial charge is 0.318 e. The van der Waals surface area contributed by atoms with Crippen LogP contribution in [0.15, 0.2) is 29.2 Å². The summed E-state index contributed by atoms with van der Waals surface area (Å²) in [7, 11) is 3.03. The fourth-order valence-electron chi connectivity index (χ4n) is 1.93. The number of hydrogen-bond acceptors (Lipinski definition) is 5. The molecule has 1 unspecified atom stereocenters. The summed E-state index contributed by atoms with van der Waals surface area (Å²) in [6.07, 6.45) is 0. The average molecular weight is 291 g/mol. The summed E-state index contributed by atoms with van der Waals surface area (Å²) in [6.45, 7) is 3.77. The molecule has 0 aliphatic carbocycles. The fourth-order valence-corrected chi connectivity index (χ4v) is 3.03. The van der Waals surface area contributed by atoms with Gasteiger partial charge in [0.05, 0.1) is 19.7 Å². The van der Waals surface area contributed by atoms with Gasteiger partial charge in [-0.2, -0.15) is 0 Å². The Morgan fingerprint density at radius 2 is 2.05 bits per heavy atom. The number of nitrogens with zero attached hydrogens (tertiary/aromatic N) is 1. The molecule has 0 amide bonds. The van der Waals surface area contributed by atoms with Gasteiger partial charge in [0.2, 0.25) is 0 Å². The number of pyridine rings is 1. The molecule has 5 heteroatoms. The molecule has 1 aromatic heterocycles. The van der Waals surface area contributed by atoms with Gasteiger partial charge in [-0.05, 0) is 38.1 Å². The van der Waals surface area contributed by atoms with E-state index < -0.39 is 0 Å². The molecule has 1 aromatic carbocycles. The highest BCUT2D eigenvalue weighted by Gasteiger charge is 2.17. The van der Waals surface area contributed by atoms with Crippen LogP contribution in [-0.2, 0) is 9.53 Å². The van der Waals surface area contributed by atoms with E-state index in [1.165, 1.54) is 18.9 Å². The van der Waals surface area contributed by atoms with Crippen molar-refractivity contribution in [1.82, 2.24) is 4.98 Å². The molecule has 0 aliphatic heterocycles. The van der Waals surface area contributed by atoms with E-state index in [9.17, 15) is 4.79 Å². The Hall–Kier alpha value is -1.75. The Labute approximate surface area is 122 Å². The van der Waals surface area contributed by atoms with E-state index in [4.69, 9.17) is 9.47 Å². The Morgan fingerprint density at radius 3 is 2.70 bits per heavy atom. The number of aromatic nitrogens is 1. The summed E-state index contributed by atoms with van der Waals surface area (Å²) in [5, 5.41) is 0.715. The molecular weight excluding hydrogens is 274 g/mol. The largest absolute Gasteiger partial charge is 0.497 e. The number of rotatable bonds is 4. The third kappa shape index (κ3) is 3.04. The average Bonchev–Trinajstić information content (AvgIpc) is 2.45. The van der Waals surface area contributed by atoms with E-state index in [1.54, 1.807) is 7.11 Å². The lowest BCUT2D eigenvalue weighted by atomic mass is 10.2. The summed E-state index contributed by atoms with van der Waals surface area (Å²) in [6, 6.07) is 7.72. The Kier molecular flexibility index (Phi) is 4.49. The number of esters is 1. The molecular formula is C15H17NO3S. The second-order valence-electron chi connectivity index (χ2n) is 4.43. The monoisotopic (exact) mass is 291 g/mol. The highest BCUT2D eigenvalue weighted by molar-refractivity contribution is 8.00. The van der Waals surface area contributed by atoms with Crippen molar-refractivity contribution in [2.24, 2.45) is 0 Å². The second-order valence-corrected chi connectivity index (χ2v) is 5.81. The molecule has 4 nitrogen and oxygen atoms in total. The minimum absolute atomic E-state index is 0.236. The van der Waals surface area contributed by atoms with Crippen LogP contribution in [-0.4, -0.2) is 30.4 Å². The van der Waals surface area contributed by atoms with Crippen LogP contribution in [0.5, 0.6) is 5.75 Å². The van der Waals surface area contributed by atoms with Crippen molar-refractivity contribution in [1.29, 1.82) is 0 Å². The number of hydrogen-bond donors (Lipinski definition) is 0. The number of thioether (sulfide) groups is 1. The van der Waals surface area contributed by atoms with Crippen LogP contribution in [0.3, 0.4) is 0 Å². The Bertz CT molecular complexity index is 642. The number of ether oxygens (including phenoxy) is 2. The van der Waals surface area contributed by atoms with Crippen molar-refractivity contribution in [3.05, 3.63) is 30.0 Å². The summed E-state index contributed by atoms with van der Waals surface area (Å²) >= 11 is 1.47. The van der Waals surface area contributed by atoms with Crippen LogP contribution in [0, 0.1) is 6.92 Å². The van der Waals surface area contributed by atoms with Crippen LogP contribution < -0.4 is 4.74 Å². The SMILES string of the molecule is COC(=O)C(C)Sc1cc(C)nc2ccc(OC)cc12. The number of fused-ring (bicyclic) bond motifs is 1. The van der Waals surface area contributed by atoms with Gasteiger partial charge in [-0.3, -0.25) is 9.78 Å². The maximum Gasteiger partial charge on any atom is 0.318 e. The molecule has 2 aromatic rings. The van der Waals surface area contributed by atoms with Crippen molar-refractivity contribution in [3.8, 4) is 5.75 Å². The molecule has 0 saturated heterocycles. The summed E-state index contributed by atoms with van der Waals surface area (Å²) in [4.78, 5) is 17.1. The first-order valence-electron chi connectivity index (χ1n) is 6.25. The molecule has 106 valence electrons. The van der Waals surface area contributed by atoms with E-state index in [0.717, 1.165) is 27.2 Å². The third-order valence-corrected chi connectivity index (χ3v) is 4.08. The van der Waals surface area contributed by atoms with Crippen molar-refractivity contribution in [3.63, 3.8) is 0 Å². The lowest BCUT2D eigenvalue weighted by Gasteiger charge is -2.12. The first kappa shape index (κ1) is 14.7. The van der Waals surface area contributed by atoms with E-state index in [1.807, 2.05) is 38.1 Å². The van der Waals surface area contributed by atoms with E-state index in [-0.39, 0.29) is 11.2 Å². The zero-order chi connectivity index (χ0) is 14.7. The Morgan fingerprint density at radius 1 is 1.30 bits per heavy atom. The fraction of sp³-hybridized carbons (Fsp3) is 0.333. The second kappa shape index (κ2) is 6.13. The number of benzene rings is 1. The van der Waals surface area contributed by atoms with Crippen LogP contribution in [0.4, 0.5) is 0 Å². The molecule has 1 atom stereocenters. The van der Waals surface area contributed by atoms with E-state index in [0.29, 0.717) is 0 Å². The molecule has 0 spiro atoms. The molecule has 0 radical (unpaired) electrons. The van der Waals surface area contributed by atoms with Gasteiger partial charge in [-0.1, -0.05) is 0 Å². The lowest BCUT2D eigenvalue weighted by molar-refractivity contribution is -0.139. The molecule has 20 heavy (non-hydrogen) atoms. The third-order valence-electron chi connectivity index (χ3n) is 2.94. The summed E-state index contributed by atoms with van der Waals surface area (Å²) < 4.78 is 10.0. The first-order chi connectivity index (χ1) is 9.55. The van der Waals surface area contributed by atoms with E-state index in [2.05, 4.69) is 4.98 Å². The Balaban J connectivity index is 2.47. The minimum atomic E-state index is -0.267. The normalized spacial score (nSPS) is 12.2. The van der Waals surface area contributed by atoms with Crippen molar-refractivity contribution in [2.75, 3.05) is 14.2 Å². The zero-order valence-corrected chi connectivity index (χ0v) is 12.8. The lowest BCUT2D eigenvalue weighted by Crippen LogP contribution is -2.14. The molecule has 0 N–H and O–H groups in total. The van der Waals surface area contributed by atoms with Gasteiger partial charge in [0.25, 0.3) is 0 Å². The van der Waals surface area contributed by atoms with E-state index >= 15 is 0 Å². The van der Waals surface area contributed by atoms with Crippen molar-refractivity contribution < 1.29 is 14.3 Å². The minimum Gasteiger partial charge on any atom is -0.497 e. The molecule has 0 saturated carbocycles. The number of carbonyl (C=O) groups is 1. The zero-order valence-electron chi connectivity index (χ0n) is 12.0. The van der Waals surface area contributed by atoms with Crippen LogP contribution >= 0.6 is 11.8 Å². The van der Waals surface area contributed by atoms with Crippen LogP contribution in [0.25, 0.3) is 10.9 Å². The van der Waals surface area contributed by atoms with Crippen LogP contribution in [0.2, 0.25) is 0 Å². The first-order valence-corrected chi connectivity index (χ1v) is 7.13. The quantitative estimate of drug-likeness (QED) is 0.639. The maximum absolute atomic E-state index is 11.6. The van der Waals surface area contributed by atoms with Gasteiger partial charge < -0.3 is 9.47 Å². The van der Waals surface area contributed by atoms with Gasteiger partial charge in [0.1, 0.15) is 11.0 Å². The predicted molar refractivity (Wildman–Crippen MR) is 80.4 cm³/mol. The summed E-state index contributed by atoms with van der Waals surface area (Å²) in [5.41, 5.74) is 1.81. The standard InChI is InChI=1S/C15H17NO3S/c1-9-7-14(20-10(2)15(17)19-4)12-8-11(18-3)5-6-13(12)16-9/h5-8,10H,1-4H3. The number of carbonyl (C=O) groups excluding carboxylic acids is 1. The van der Waals surface area contributed by atoms with Gasteiger partial charge in [0.15, 0.2) is 0 Å². The molecule has 1 heterocycles. The van der Waals surface area contributed by atoms with Crippen molar-refractivity contribution >= 4 is 28.6 Å². The number of aryl methyl sites for hydroxylation is 1. The highest BCUT2D eigenvalue weighted by Crippen LogP contribution is 2.33. The molecule has 0 bridgehead atoms. The van der Waals surface area contributed by atoms with Gasteiger partial charge in [-0.15, -0.1) is 11.8 Å². The maximum atomic E-state index is 11.6. The molecule has 0 aliphatic rings. The van der Waals surface area contributed by atoms with Crippen LogP contribution in [0.1, 0.15) is 12.6 Å². The highest BCUT2D eigenvalue weighted by atomic mass is 32.2.